The summed E-state index contributed by atoms with van der Waals surface area (Å²) in [4.78, 5) is 0. The summed E-state index contributed by atoms with van der Waals surface area (Å²) in [6.45, 7) is 2.43. The molecule has 0 amide bonds. The number of nitrogens with one attached hydrogen (secondary N) is 1. The SMILES string of the molecule is Cc1cc(CNc2c(Br)cccc2Br)ccc1F. The number of aryl methyl sites for hydroxylation is 1. The smallest absolute Gasteiger partial charge is 0.126 e. The number of rotatable bonds is 3. The van der Waals surface area contributed by atoms with Gasteiger partial charge in [0, 0.05) is 15.5 Å². The number of para-hydroxylation sites is 1. The normalized spacial score (nSPS) is 10.4. The number of anilines is 1. The molecule has 0 saturated heterocycles. The van der Waals surface area contributed by atoms with Crippen LogP contribution in [0.1, 0.15) is 11.1 Å². The number of halogens is 3. The predicted molar refractivity (Wildman–Crippen MR) is 80.3 cm³/mol. The van der Waals surface area contributed by atoms with Crippen molar-refractivity contribution in [2.45, 2.75) is 13.5 Å². The van der Waals surface area contributed by atoms with Crippen molar-refractivity contribution in [3.63, 3.8) is 0 Å². The fraction of sp³-hybridized carbons (Fsp3) is 0.143. The first-order valence-corrected chi connectivity index (χ1v) is 7.09. The zero-order valence-corrected chi connectivity index (χ0v) is 13.0. The maximum absolute atomic E-state index is 13.2. The molecule has 0 aliphatic carbocycles. The van der Waals surface area contributed by atoms with Gasteiger partial charge in [0.25, 0.3) is 0 Å². The molecule has 0 heterocycles. The lowest BCUT2D eigenvalue weighted by atomic mass is 10.1. The maximum atomic E-state index is 13.2. The highest BCUT2D eigenvalue weighted by molar-refractivity contribution is 9.11. The second-order valence-electron chi connectivity index (χ2n) is 4.03. The van der Waals surface area contributed by atoms with Crippen LogP contribution in [-0.4, -0.2) is 0 Å². The number of hydrogen-bond donors (Lipinski definition) is 1. The molecule has 0 unspecified atom stereocenters. The summed E-state index contributed by atoms with van der Waals surface area (Å²) < 4.78 is 15.1. The van der Waals surface area contributed by atoms with Gasteiger partial charge in [-0.3, -0.25) is 0 Å². The maximum Gasteiger partial charge on any atom is 0.126 e. The Morgan fingerprint density at radius 3 is 2.39 bits per heavy atom. The second kappa shape index (κ2) is 5.85. The Morgan fingerprint density at radius 2 is 1.78 bits per heavy atom. The molecule has 0 aliphatic rings. The third-order valence-electron chi connectivity index (χ3n) is 2.65. The van der Waals surface area contributed by atoms with Gasteiger partial charge in [0.1, 0.15) is 5.82 Å². The third kappa shape index (κ3) is 3.12. The fourth-order valence-electron chi connectivity index (χ4n) is 1.67. The molecule has 0 aromatic heterocycles. The van der Waals surface area contributed by atoms with E-state index in [-0.39, 0.29) is 5.82 Å². The van der Waals surface area contributed by atoms with Crippen molar-refractivity contribution in [3.8, 4) is 0 Å². The van der Waals surface area contributed by atoms with Gasteiger partial charge in [0.15, 0.2) is 0 Å². The molecule has 2 aromatic carbocycles. The van der Waals surface area contributed by atoms with Crippen molar-refractivity contribution in [1.29, 1.82) is 0 Å². The molecule has 0 fully saturated rings. The zero-order chi connectivity index (χ0) is 13.1. The van der Waals surface area contributed by atoms with Crippen LogP contribution in [0.3, 0.4) is 0 Å². The van der Waals surface area contributed by atoms with Crippen LogP contribution in [0.15, 0.2) is 45.3 Å². The number of benzene rings is 2. The van der Waals surface area contributed by atoms with Gasteiger partial charge in [-0.25, -0.2) is 4.39 Å². The summed E-state index contributed by atoms with van der Waals surface area (Å²) >= 11 is 6.99. The predicted octanol–water partition coefficient (Wildman–Crippen LogP) is 5.27. The van der Waals surface area contributed by atoms with Crippen LogP contribution in [0.25, 0.3) is 0 Å². The van der Waals surface area contributed by atoms with Crippen LogP contribution >= 0.6 is 31.9 Å². The molecule has 0 radical (unpaired) electrons. The fourth-order valence-corrected chi connectivity index (χ4v) is 2.95. The Hall–Kier alpha value is -0.870. The second-order valence-corrected chi connectivity index (χ2v) is 5.74. The molecule has 94 valence electrons. The van der Waals surface area contributed by atoms with E-state index in [1.807, 2.05) is 24.3 Å². The summed E-state index contributed by atoms with van der Waals surface area (Å²) in [5.74, 6) is -0.166. The van der Waals surface area contributed by atoms with Gasteiger partial charge in [-0.05, 0) is 68.1 Å². The lowest BCUT2D eigenvalue weighted by molar-refractivity contribution is 0.617. The van der Waals surface area contributed by atoms with E-state index in [4.69, 9.17) is 0 Å². The highest BCUT2D eigenvalue weighted by atomic mass is 79.9. The molecule has 0 atom stereocenters. The molecule has 2 rings (SSSR count). The summed E-state index contributed by atoms with van der Waals surface area (Å²) in [5.41, 5.74) is 2.72. The molecule has 1 nitrogen and oxygen atoms in total. The first-order chi connectivity index (χ1) is 8.58. The van der Waals surface area contributed by atoms with E-state index < -0.39 is 0 Å². The van der Waals surface area contributed by atoms with Crippen molar-refractivity contribution < 1.29 is 4.39 Å². The summed E-state index contributed by atoms with van der Waals surface area (Å²) in [7, 11) is 0. The monoisotopic (exact) mass is 371 g/mol. The van der Waals surface area contributed by atoms with Crippen molar-refractivity contribution in [2.75, 3.05) is 5.32 Å². The molecule has 1 N–H and O–H groups in total. The average molecular weight is 373 g/mol. The lowest BCUT2D eigenvalue weighted by Crippen LogP contribution is -2.01. The lowest BCUT2D eigenvalue weighted by Gasteiger charge is -2.11. The molecular weight excluding hydrogens is 361 g/mol. The minimum absolute atomic E-state index is 0.166. The van der Waals surface area contributed by atoms with Crippen molar-refractivity contribution in [2.24, 2.45) is 0 Å². The molecule has 0 aliphatic heterocycles. The van der Waals surface area contributed by atoms with Gasteiger partial charge in [-0.1, -0.05) is 18.2 Å². The topological polar surface area (TPSA) is 12.0 Å². The van der Waals surface area contributed by atoms with Crippen molar-refractivity contribution >= 4 is 37.5 Å². The molecule has 0 bridgehead atoms. The quantitative estimate of drug-likeness (QED) is 0.773. The van der Waals surface area contributed by atoms with E-state index in [0.29, 0.717) is 12.1 Å². The van der Waals surface area contributed by atoms with E-state index in [1.54, 1.807) is 13.0 Å². The number of hydrogen-bond acceptors (Lipinski definition) is 1. The minimum atomic E-state index is -0.166. The van der Waals surface area contributed by atoms with Crippen LogP contribution in [0.5, 0.6) is 0 Å². The Balaban J connectivity index is 2.14. The molecule has 18 heavy (non-hydrogen) atoms. The van der Waals surface area contributed by atoms with Gasteiger partial charge in [0.05, 0.1) is 5.69 Å². The Kier molecular flexibility index (Phi) is 4.40. The first kappa shape index (κ1) is 13.6. The third-order valence-corrected chi connectivity index (χ3v) is 3.98. The van der Waals surface area contributed by atoms with Crippen LogP contribution in [0.2, 0.25) is 0 Å². The Bertz CT molecular complexity index is 549. The van der Waals surface area contributed by atoms with Gasteiger partial charge in [-0.2, -0.15) is 0 Å². The molecule has 4 heteroatoms. The standard InChI is InChI=1S/C14H12Br2FN/c1-9-7-10(5-6-13(9)17)8-18-14-11(15)3-2-4-12(14)16/h2-7,18H,8H2,1H3. The van der Waals surface area contributed by atoms with Crippen LogP contribution in [0, 0.1) is 12.7 Å². The van der Waals surface area contributed by atoms with E-state index in [9.17, 15) is 4.39 Å². The molecular formula is C14H12Br2FN. The van der Waals surface area contributed by atoms with E-state index in [0.717, 1.165) is 20.2 Å². The van der Waals surface area contributed by atoms with Crippen LogP contribution in [-0.2, 0) is 6.54 Å². The largest absolute Gasteiger partial charge is 0.379 e. The molecule has 0 saturated carbocycles. The highest BCUT2D eigenvalue weighted by Crippen LogP contribution is 2.30. The van der Waals surface area contributed by atoms with Gasteiger partial charge in [0.2, 0.25) is 0 Å². The van der Waals surface area contributed by atoms with Gasteiger partial charge < -0.3 is 5.32 Å². The van der Waals surface area contributed by atoms with Crippen molar-refractivity contribution in [1.82, 2.24) is 0 Å². The van der Waals surface area contributed by atoms with Crippen LogP contribution in [0.4, 0.5) is 10.1 Å². The average Bonchev–Trinajstić information content (AvgIpc) is 2.33. The van der Waals surface area contributed by atoms with Crippen LogP contribution < -0.4 is 5.32 Å². The Labute approximate surface area is 123 Å². The highest BCUT2D eigenvalue weighted by Gasteiger charge is 2.04. The summed E-state index contributed by atoms with van der Waals surface area (Å²) in [6.07, 6.45) is 0. The molecule has 0 spiro atoms. The zero-order valence-electron chi connectivity index (χ0n) is 9.81. The van der Waals surface area contributed by atoms with E-state index in [1.165, 1.54) is 6.07 Å². The summed E-state index contributed by atoms with van der Waals surface area (Å²) in [5, 5.41) is 3.33. The first-order valence-electron chi connectivity index (χ1n) is 5.51. The van der Waals surface area contributed by atoms with Gasteiger partial charge >= 0.3 is 0 Å². The molecule has 2 aromatic rings. The van der Waals surface area contributed by atoms with Gasteiger partial charge in [-0.15, -0.1) is 0 Å². The summed E-state index contributed by atoms with van der Waals surface area (Å²) in [6, 6.07) is 11.1. The van der Waals surface area contributed by atoms with E-state index >= 15 is 0 Å². The Morgan fingerprint density at radius 1 is 1.11 bits per heavy atom. The van der Waals surface area contributed by atoms with E-state index in [2.05, 4.69) is 37.2 Å². The minimum Gasteiger partial charge on any atom is -0.379 e. The van der Waals surface area contributed by atoms with Crippen molar-refractivity contribution in [3.05, 3.63) is 62.3 Å².